The number of terminal acetylenes is 2. The Hall–Kier alpha value is -3.25. The van der Waals surface area contributed by atoms with Gasteiger partial charge in [0.15, 0.2) is 5.79 Å². The Kier molecular flexibility index (Phi) is 6.75. The highest BCUT2D eigenvalue weighted by molar-refractivity contribution is 5.77. The molecule has 0 N–H and O–H groups in total. The highest BCUT2D eigenvalue weighted by atomic mass is 16.8. The second-order valence-corrected chi connectivity index (χ2v) is 9.03. The zero-order valence-corrected chi connectivity index (χ0v) is 19.2. The SMILES string of the molecule is C#CCN1C(=O)N(CC#C)[C@H](Cc2ccccc2)[C@@H]2OC(C)(C)O[C@H]2[C@H]1Cc1ccccc1. The van der Waals surface area contributed by atoms with E-state index in [0.717, 1.165) is 11.1 Å². The van der Waals surface area contributed by atoms with Gasteiger partial charge in [-0.05, 0) is 37.8 Å². The summed E-state index contributed by atoms with van der Waals surface area (Å²) in [4.78, 5) is 17.3. The maximum Gasteiger partial charge on any atom is 0.322 e. The number of ether oxygens (including phenoxy) is 2. The second kappa shape index (κ2) is 9.71. The van der Waals surface area contributed by atoms with Gasteiger partial charge >= 0.3 is 6.03 Å². The Balaban J connectivity index is 1.80. The molecule has 4 rings (SSSR count). The van der Waals surface area contributed by atoms with Crippen molar-refractivity contribution in [3.63, 3.8) is 0 Å². The van der Waals surface area contributed by atoms with Gasteiger partial charge in [-0.25, -0.2) is 4.79 Å². The molecule has 2 heterocycles. The minimum Gasteiger partial charge on any atom is -0.342 e. The Bertz CT molecular complexity index is 957. The van der Waals surface area contributed by atoms with Crippen molar-refractivity contribution in [1.29, 1.82) is 0 Å². The standard InChI is InChI=1S/C28H30N2O3/c1-5-17-29-23(19-21-13-9-7-10-14-21)25-26(33-28(3,4)32-25)24(30(18-6-2)27(29)31)20-22-15-11-8-12-16-22/h1-2,7-16,23-26H,17-20H2,3-4H3/t23-,24-,25+,26+/m1/s1. The maximum absolute atomic E-state index is 13.9. The zero-order valence-electron chi connectivity index (χ0n) is 19.2. The second-order valence-electron chi connectivity index (χ2n) is 9.03. The van der Waals surface area contributed by atoms with E-state index in [1.165, 1.54) is 0 Å². The molecule has 2 saturated heterocycles. The molecule has 2 aliphatic rings. The lowest BCUT2D eigenvalue weighted by atomic mass is 9.91. The van der Waals surface area contributed by atoms with Crippen LogP contribution in [0.15, 0.2) is 60.7 Å². The molecule has 5 nitrogen and oxygen atoms in total. The maximum atomic E-state index is 13.9. The molecule has 0 unspecified atom stereocenters. The summed E-state index contributed by atoms with van der Waals surface area (Å²) in [6, 6.07) is 19.4. The summed E-state index contributed by atoms with van der Waals surface area (Å²) in [6.45, 7) is 4.17. The smallest absolute Gasteiger partial charge is 0.322 e. The van der Waals surface area contributed by atoms with E-state index in [9.17, 15) is 4.79 Å². The molecule has 170 valence electrons. The molecular weight excluding hydrogens is 412 g/mol. The molecule has 0 saturated carbocycles. The Morgan fingerprint density at radius 2 is 1.18 bits per heavy atom. The molecule has 0 spiro atoms. The first kappa shape index (κ1) is 22.9. The molecule has 0 radical (unpaired) electrons. The number of benzene rings is 2. The molecule has 2 aliphatic heterocycles. The van der Waals surface area contributed by atoms with E-state index in [0.29, 0.717) is 12.8 Å². The first-order valence-corrected chi connectivity index (χ1v) is 11.3. The molecule has 5 heteroatoms. The van der Waals surface area contributed by atoms with Crippen molar-refractivity contribution in [2.45, 2.75) is 56.8 Å². The summed E-state index contributed by atoms with van der Waals surface area (Å²) in [5, 5.41) is 0. The van der Waals surface area contributed by atoms with Crippen molar-refractivity contribution in [2.24, 2.45) is 0 Å². The van der Waals surface area contributed by atoms with Crippen LogP contribution in [0.4, 0.5) is 4.79 Å². The lowest BCUT2D eigenvalue weighted by Gasteiger charge is -2.35. The minimum atomic E-state index is -0.788. The van der Waals surface area contributed by atoms with Gasteiger partial charge in [0, 0.05) is 0 Å². The summed E-state index contributed by atoms with van der Waals surface area (Å²) >= 11 is 0. The predicted octanol–water partition coefficient (Wildman–Crippen LogP) is 3.73. The number of rotatable bonds is 6. The largest absolute Gasteiger partial charge is 0.342 e. The molecule has 33 heavy (non-hydrogen) atoms. The van der Waals surface area contributed by atoms with Gasteiger partial charge in [0.25, 0.3) is 0 Å². The number of carbonyl (C=O) groups is 1. The van der Waals surface area contributed by atoms with Crippen LogP contribution in [0.1, 0.15) is 25.0 Å². The number of fused-ring (bicyclic) bond motifs is 1. The molecule has 2 aromatic rings. The average Bonchev–Trinajstić information content (AvgIpc) is 3.11. The van der Waals surface area contributed by atoms with E-state index in [4.69, 9.17) is 22.3 Å². The lowest BCUT2D eigenvalue weighted by Crippen LogP contribution is -2.52. The van der Waals surface area contributed by atoms with Crippen LogP contribution in [0.5, 0.6) is 0 Å². The fourth-order valence-corrected chi connectivity index (χ4v) is 4.95. The van der Waals surface area contributed by atoms with Gasteiger partial charge in [0.1, 0.15) is 12.2 Å². The highest BCUT2D eigenvalue weighted by Gasteiger charge is 2.55. The lowest BCUT2D eigenvalue weighted by molar-refractivity contribution is -0.156. The van der Waals surface area contributed by atoms with Gasteiger partial charge in [-0.2, -0.15) is 0 Å². The van der Waals surface area contributed by atoms with Crippen molar-refractivity contribution in [2.75, 3.05) is 13.1 Å². The van der Waals surface area contributed by atoms with Gasteiger partial charge in [0.2, 0.25) is 0 Å². The third-order valence-corrected chi connectivity index (χ3v) is 6.31. The Morgan fingerprint density at radius 1 is 0.788 bits per heavy atom. The molecule has 2 fully saturated rings. The summed E-state index contributed by atoms with van der Waals surface area (Å²) in [6.07, 6.45) is 12.0. The quantitative estimate of drug-likeness (QED) is 0.640. The van der Waals surface area contributed by atoms with Crippen LogP contribution in [0.2, 0.25) is 0 Å². The first-order valence-electron chi connectivity index (χ1n) is 11.3. The van der Waals surface area contributed by atoms with Gasteiger partial charge in [-0.3, -0.25) is 0 Å². The first-order chi connectivity index (χ1) is 15.9. The van der Waals surface area contributed by atoms with Crippen molar-refractivity contribution >= 4 is 6.03 Å². The molecule has 0 aromatic heterocycles. The fourth-order valence-electron chi connectivity index (χ4n) is 4.95. The minimum absolute atomic E-state index is 0.169. The molecule has 2 aromatic carbocycles. The average molecular weight is 443 g/mol. The van der Waals surface area contributed by atoms with Crippen molar-refractivity contribution in [1.82, 2.24) is 9.80 Å². The monoisotopic (exact) mass is 442 g/mol. The molecular formula is C28H30N2O3. The normalized spacial score (nSPS) is 26.2. The number of nitrogens with zero attached hydrogens (tertiary/aromatic N) is 2. The van der Waals surface area contributed by atoms with E-state index in [2.05, 4.69) is 36.1 Å². The Morgan fingerprint density at radius 3 is 1.55 bits per heavy atom. The van der Waals surface area contributed by atoms with E-state index >= 15 is 0 Å². The van der Waals surface area contributed by atoms with Crippen LogP contribution in [-0.2, 0) is 22.3 Å². The van der Waals surface area contributed by atoms with Gasteiger partial charge in [-0.15, -0.1) is 12.8 Å². The van der Waals surface area contributed by atoms with Crippen LogP contribution >= 0.6 is 0 Å². The van der Waals surface area contributed by atoms with E-state index in [1.807, 2.05) is 50.2 Å². The third-order valence-electron chi connectivity index (χ3n) is 6.31. The van der Waals surface area contributed by atoms with Crippen LogP contribution < -0.4 is 0 Å². The number of amides is 2. The summed E-state index contributed by atoms with van der Waals surface area (Å²) in [5.41, 5.74) is 2.21. The molecule has 4 atom stereocenters. The topological polar surface area (TPSA) is 42.0 Å². The van der Waals surface area contributed by atoms with E-state index in [1.54, 1.807) is 9.80 Å². The zero-order chi connectivity index (χ0) is 23.4. The molecule has 2 amide bonds. The van der Waals surface area contributed by atoms with Crippen LogP contribution in [0.25, 0.3) is 0 Å². The van der Waals surface area contributed by atoms with Crippen molar-refractivity contribution in [3.05, 3.63) is 71.8 Å². The molecule has 0 aliphatic carbocycles. The Labute approximate surface area is 196 Å². The number of urea groups is 1. The van der Waals surface area contributed by atoms with Gasteiger partial charge < -0.3 is 19.3 Å². The van der Waals surface area contributed by atoms with Crippen LogP contribution in [0.3, 0.4) is 0 Å². The predicted molar refractivity (Wildman–Crippen MR) is 128 cm³/mol. The van der Waals surface area contributed by atoms with Crippen molar-refractivity contribution in [3.8, 4) is 24.7 Å². The summed E-state index contributed by atoms with van der Waals surface area (Å²) in [5.74, 6) is 4.55. The third kappa shape index (κ3) is 4.91. The van der Waals surface area contributed by atoms with Crippen molar-refractivity contribution < 1.29 is 14.3 Å². The number of hydrogen-bond acceptors (Lipinski definition) is 3. The number of hydrogen-bond donors (Lipinski definition) is 0. The molecule has 0 bridgehead atoms. The van der Waals surface area contributed by atoms with E-state index < -0.39 is 5.79 Å². The van der Waals surface area contributed by atoms with Gasteiger partial charge in [-0.1, -0.05) is 72.5 Å². The summed E-state index contributed by atoms with van der Waals surface area (Å²) in [7, 11) is 0. The number of carbonyl (C=O) groups excluding carboxylic acids is 1. The fraction of sp³-hybridized carbons (Fsp3) is 0.393. The van der Waals surface area contributed by atoms with Crippen LogP contribution in [-0.4, -0.2) is 59.0 Å². The van der Waals surface area contributed by atoms with Crippen LogP contribution in [0, 0.1) is 24.7 Å². The van der Waals surface area contributed by atoms with Gasteiger partial charge in [0.05, 0.1) is 25.2 Å². The highest BCUT2D eigenvalue weighted by Crippen LogP contribution is 2.39. The summed E-state index contributed by atoms with van der Waals surface area (Å²) < 4.78 is 12.9. The van der Waals surface area contributed by atoms with E-state index in [-0.39, 0.29) is 43.4 Å².